The number of hydrogen-bond acceptors (Lipinski definition) is 5. The van der Waals surface area contributed by atoms with Crippen molar-refractivity contribution in [2.45, 2.75) is 50.2 Å². The van der Waals surface area contributed by atoms with Gasteiger partial charge in [0, 0.05) is 13.0 Å². The average Bonchev–Trinajstić information content (AvgIpc) is 3.15. The number of aliphatic carboxylic acids is 2. The fourth-order valence-electron chi connectivity index (χ4n) is 3.25. The van der Waals surface area contributed by atoms with E-state index in [-0.39, 0.29) is 25.8 Å². The maximum Gasteiger partial charge on any atom is 0.326 e. The molecule has 2 rings (SSSR count). The Morgan fingerprint density at radius 1 is 1.18 bits per heavy atom. The Labute approximate surface area is 162 Å². The van der Waals surface area contributed by atoms with E-state index >= 15 is 0 Å². The Morgan fingerprint density at radius 3 is 2.46 bits per heavy atom. The molecule has 0 bridgehead atoms. The van der Waals surface area contributed by atoms with E-state index in [1.807, 2.05) is 30.3 Å². The third-order valence-electron chi connectivity index (χ3n) is 4.72. The Balaban J connectivity index is 2.06. The van der Waals surface area contributed by atoms with E-state index in [2.05, 4.69) is 5.32 Å². The van der Waals surface area contributed by atoms with Crippen LogP contribution in [0.4, 0.5) is 0 Å². The Bertz CT molecular complexity index is 724. The summed E-state index contributed by atoms with van der Waals surface area (Å²) in [5, 5.41) is 20.7. The van der Waals surface area contributed by atoms with Crippen LogP contribution in [0.1, 0.15) is 31.2 Å². The molecule has 0 spiro atoms. The normalized spacial score (nSPS) is 18.3. The van der Waals surface area contributed by atoms with Gasteiger partial charge in [-0.1, -0.05) is 30.3 Å². The van der Waals surface area contributed by atoms with E-state index in [1.54, 1.807) is 0 Å². The number of carbonyl (C=O) groups is 4. The molecule has 1 aromatic carbocycles. The summed E-state index contributed by atoms with van der Waals surface area (Å²) in [7, 11) is 0. The zero-order valence-electron chi connectivity index (χ0n) is 15.4. The van der Waals surface area contributed by atoms with Gasteiger partial charge in [-0.3, -0.25) is 14.4 Å². The van der Waals surface area contributed by atoms with Gasteiger partial charge in [-0.2, -0.15) is 0 Å². The molecular weight excluding hydrogens is 366 g/mol. The first-order valence-corrected chi connectivity index (χ1v) is 9.14. The second-order valence-electron chi connectivity index (χ2n) is 6.82. The Hall–Kier alpha value is -2.94. The molecule has 0 radical (unpaired) electrons. The van der Waals surface area contributed by atoms with Gasteiger partial charge >= 0.3 is 11.9 Å². The summed E-state index contributed by atoms with van der Waals surface area (Å²) in [6, 6.07) is 6.10. The number of rotatable bonds is 9. The lowest BCUT2D eigenvalue weighted by Crippen LogP contribution is -2.55. The van der Waals surface area contributed by atoms with Crippen molar-refractivity contribution in [2.24, 2.45) is 5.73 Å². The van der Waals surface area contributed by atoms with Crippen molar-refractivity contribution >= 4 is 23.8 Å². The van der Waals surface area contributed by atoms with Gasteiger partial charge in [-0.15, -0.1) is 0 Å². The van der Waals surface area contributed by atoms with Gasteiger partial charge in [-0.05, 0) is 31.2 Å². The maximum absolute atomic E-state index is 12.8. The lowest BCUT2D eigenvalue weighted by molar-refractivity contribution is -0.150. The SMILES string of the molecule is N[C@@H](Cc1ccccc1)C(=O)N[C@@H](CCC(=O)O)C(=O)N1CCC[C@@H]1C(=O)O. The quantitative estimate of drug-likeness (QED) is 0.462. The third kappa shape index (κ3) is 5.78. The smallest absolute Gasteiger partial charge is 0.326 e. The monoisotopic (exact) mass is 391 g/mol. The summed E-state index contributed by atoms with van der Waals surface area (Å²) in [5.41, 5.74) is 6.79. The standard InChI is InChI=1S/C19H25N3O6/c20-13(11-12-5-2-1-3-6-12)17(25)21-14(8-9-16(23)24)18(26)22-10-4-7-15(22)19(27)28/h1-3,5-6,13-15H,4,7-11,20H2,(H,21,25)(H,23,24)(H,27,28)/t13-,14-,15+/m0/s1. The first kappa shape index (κ1) is 21.4. The number of amides is 2. The van der Waals surface area contributed by atoms with E-state index in [9.17, 15) is 24.3 Å². The summed E-state index contributed by atoms with van der Waals surface area (Å²) in [6.45, 7) is 0.255. The van der Waals surface area contributed by atoms with Crippen molar-refractivity contribution in [3.8, 4) is 0 Å². The van der Waals surface area contributed by atoms with Gasteiger partial charge in [0.05, 0.1) is 6.04 Å². The molecule has 2 amide bonds. The second-order valence-corrected chi connectivity index (χ2v) is 6.82. The molecule has 152 valence electrons. The predicted molar refractivity (Wildman–Crippen MR) is 99.3 cm³/mol. The van der Waals surface area contributed by atoms with Crippen molar-refractivity contribution in [3.05, 3.63) is 35.9 Å². The minimum Gasteiger partial charge on any atom is -0.481 e. The van der Waals surface area contributed by atoms with E-state index in [0.717, 1.165) is 5.56 Å². The number of carboxylic acids is 2. The van der Waals surface area contributed by atoms with E-state index in [1.165, 1.54) is 4.90 Å². The van der Waals surface area contributed by atoms with Crippen LogP contribution in [0.3, 0.4) is 0 Å². The highest BCUT2D eigenvalue weighted by Gasteiger charge is 2.38. The molecule has 9 heteroatoms. The zero-order chi connectivity index (χ0) is 20.7. The number of nitrogens with two attached hydrogens (primary N) is 1. The first-order chi connectivity index (χ1) is 13.3. The topological polar surface area (TPSA) is 150 Å². The number of carboxylic acid groups (broad SMARTS) is 2. The van der Waals surface area contributed by atoms with Crippen molar-refractivity contribution in [3.63, 3.8) is 0 Å². The fourth-order valence-corrected chi connectivity index (χ4v) is 3.25. The van der Waals surface area contributed by atoms with Crippen LogP contribution in [0.25, 0.3) is 0 Å². The van der Waals surface area contributed by atoms with Gasteiger partial charge in [0.1, 0.15) is 12.1 Å². The molecule has 1 aliphatic heterocycles. The molecule has 28 heavy (non-hydrogen) atoms. The Morgan fingerprint density at radius 2 is 1.86 bits per heavy atom. The number of nitrogens with one attached hydrogen (secondary N) is 1. The lowest BCUT2D eigenvalue weighted by Gasteiger charge is -2.28. The molecule has 0 aromatic heterocycles. The van der Waals surface area contributed by atoms with Crippen LogP contribution in [-0.4, -0.2) is 63.5 Å². The molecule has 0 aliphatic carbocycles. The van der Waals surface area contributed by atoms with Crippen LogP contribution in [-0.2, 0) is 25.6 Å². The molecule has 1 fully saturated rings. The van der Waals surface area contributed by atoms with Gasteiger partial charge in [0.15, 0.2) is 0 Å². The van der Waals surface area contributed by atoms with Crippen LogP contribution in [0.2, 0.25) is 0 Å². The fraction of sp³-hybridized carbons (Fsp3) is 0.474. The van der Waals surface area contributed by atoms with Gasteiger partial charge in [-0.25, -0.2) is 4.79 Å². The summed E-state index contributed by atoms with van der Waals surface area (Å²) in [5.74, 6) is -3.41. The van der Waals surface area contributed by atoms with Crippen LogP contribution in [0.15, 0.2) is 30.3 Å². The molecule has 9 nitrogen and oxygen atoms in total. The number of likely N-dealkylation sites (tertiary alicyclic amines) is 1. The van der Waals surface area contributed by atoms with E-state index < -0.39 is 41.9 Å². The lowest BCUT2D eigenvalue weighted by atomic mass is 10.0. The van der Waals surface area contributed by atoms with E-state index in [0.29, 0.717) is 12.8 Å². The number of nitrogens with zero attached hydrogens (tertiary/aromatic N) is 1. The van der Waals surface area contributed by atoms with Crippen LogP contribution >= 0.6 is 0 Å². The molecular formula is C19H25N3O6. The highest BCUT2D eigenvalue weighted by atomic mass is 16.4. The van der Waals surface area contributed by atoms with Crippen LogP contribution in [0, 0.1) is 0 Å². The van der Waals surface area contributed by atoms with Gasteiger partial charge < -0.3 is 26.2 Å². The predicted octanol–water partition coefficient (Wildman–Crippen LogP) is -0.0184. The first-order valence-electron chi connectivity index (χ1n) is 9.14. The molecule has 0 saturated carbocycles. The molecule has 1 heterocycles. The zero-order valence-corrected chi connectivity index (χ0v) is 15.4. The minimum atomic E-state index is -1.13. The van der Waals surface area contributed by atoms with Gasteiger partial charge in [0.25, 0.3) is 0 Å². The number of carbonyl (C=O) groups excluding carboxylic acids is 2. The molecule has 0 unspecified atom stereocenters. The average molecular weight is 391 g/mol. The summed E-state index contributed by atoms with van der Waals surface area (Å²) in [4.78, 5) is 48.7. The number of hydrogen-bond donors (Lipinski definition) is 4. The second kappa shape index (κ2) is 9.84. The largest absolute Gasteiger partial charge is 0.481 e. The summed E-state index contributed by atoms with van der Waals surface area (Å²) in [6.07, 6.45) is 0.648. The van der Waals surface area contributed by atoms with Crippen molar-refractivity contribution in [1.29, 1.82) is 0 Å². The maximum atomic E-state index is 12.8. The van der Waals surface area contributed by atoms with Crippen molar-refractivity contribution in [1.82, 2.24) is 10.2 Å². The van der Waals surface area contributed by atoms with Crippen LogP contribution < -0.4 is 11.1 Å². The minimum absolute atomic E-state index is 0.138. The molecule has 1 aromatic rings. The summed E-state index contributed by atoms with van der Waals surface area (Å²) < 4.78 is 0. The van der Waals surface area contributed by atoms with Gasteiger partial charge in [0.2, 0.25) is 11.8 Å². The van der Waals surface area contributed by atoms with Crippen molar-refractivity contribution < 1.29 is 29.4 Å². The summed E-state index contributed by atoms with van der Waals surface area (Å²) >= 11 is 0. The molecule has 3 atom stereocenters. The van der Waals surface area contributed by atoms with Crippen LogP contribution in [0.5, 0.6) is 0 Å². The number of benzene rings is 1. The van der Waals surface area contributed by atoms with E-state index in [4.69, 9.17) is 10.8 Å². The van der Waals surface area contributed by atoms with Crippen molar-refractivity contribution in [2.75, 3.05) is 6.54 Å². The molecule has 1 saturated heterocycles. The molecule has 1 aliphatic rings. The Kier molecular flexibility index (Phi) is 7.51. The highest BCUT2D eigenvalue weighted by Crippen LogP contribution is 2.19. The highest BCUT2D eigenvalue weighted by molar-refractivity contribution is 5.92. The third-order valence-corrected chi connectivity index (χ3v) is 4.72. The molecule has 5 N–H and O–H groups in total.